The van der Waals surface area contributed by atoms with Gasteiger partial charge in [0.15, 0.2) is 0 Å². The molecule has 1 aromatic heterocycles. The minimum Gasteiger partial charge on any atom is -0.475 e. The molecule has 1 heterocycles. The summed E-state index contributed by atoms with van der Waals surface area (Å²) in [5.74, 6) is -1.45. The van der Waals surface area contributed by atoms with Crippen LogP contribution in [0.15, 0.2) is 98.9 Å². The summed E-state index contributed by atoms with van der Waals surface area (Å²) in [6, 6.07) is 25.3. The minimum absolute atomic E-state index is 0.140. The third-order valence-corrected chi connectivity index (χ3v) is 9.30. The van der Waals surface area contributed by atoms with Gasteiger partial charge in [-0.15, -0.1) is 23.1 Å². The van der Waals surface area contributed by atoms with Crippen LogP contribution in [0.5, 0.6) is 11.5 Å². The number of carboxylic acids is 1. The zero-order chi connectivity index (χ0) is 28.8. The molecule has 0 bridgehead atoms. The van der Waals surface area contributed by atoms with Crippen LogP contribution in [-0.4, -0.2) is 37.8 Å². The monoisotopic (exact) mass is 594 g/mol. The average Bonchev–Trinajstić information content (AvgIpc) is 3.36. The van der Waals surface area contributed by atoms with Crippen molar-refractivity contribution in [2.45, 2.75) is 20.2 Å². The number of carboxylic acid groups (broad SMARTS) is 1. The SMILES string of the molecule is CSc1sc(C(=N)N)cc1S(=O)(=O)c1cccc(-c2ccc(Oc3ccccc3)cc2)c1.O=C(O)C(F)(F)F. The highest BCUT2D eigenvalue weighted by Gasteiger charge is 2.38. The van der Waals surface area contributed by atoms with Crippen molar-refractivity contribution in [2.75, 3.05) is 6.26 Å². The minimum atomic E-state index is -5.08. The van der Waals surface area contributed by atoms with E-state index in [9.17, 15) is 21.6 Å². The Morgan fingerprint density at radius 2 is 1.54 bits per heavy atom. The molecule has 4 aromatic rings. The Kier molecular flexibility index (Phi) is 9.43. The number of aliphatic carboxylic acids is 1. The number of carbonyl (C=O) groups is 1. The van der Waals surface area contributed by atoms with Crippen molar-refractivity contribution < 1.29 is 36.2 Å². The molecule has 13 heteroatoms. The van der Waals surface area contributed by atoms with Gasteiger partial charge in [-0.2, -0.15) is 13.2 Å². The lowest BCUT2D eigenvalue weighted by Gasteiger charge is -2.09. The Morgan fingerprint density at radius 1 is 0.949 bits per heavy atom. The van der Waals surface area contributed by atoms with Crippen molar-refractivity contribution in [1.82, 2.24) is 0 Å². The van der Waals surface area contributed by atoms with Gasteiger partial charge in [0.1, 0.15) is 17.3 Å². The topological polar surface area (TPSA) is 131 Å². The summed E-state index contributed by atoms with van der Waals surface area (Å²) in [6.07, 6.45) is -3.27. The van der Waals surface area contributed by atoms with E-state index in [0.29, 0.717) is 14.8 Å². The fourth-order valence-electron chi connectivity index (χ4n) is 3.13. The summed E-state index contributed by atoms with van der Waals surface area (Å²) in [7, 11) is -3.76. The Morgan fingerprint density at radius 3 is 2.08 bits per heavy atom. The molecule has 0 aliphatic rings. The van der Waals surface area contributed by atoms with Crippen LogP contribution >= 0.6 is 23.1 Å². The largest absolute Gasteiger partial charge is 0.490 e. The number of thioether (sulfide) groups is 1. The van der Waals surface area contributed by atoms with Gasteiger partial charge in [0.25, 0.3) is 0 Å². The van der Waals surface area contributed by atoms with E-state index in [1.54, 1.807) is 18.2 Å². The lowest BCUT2D eigenvalue weighted by Crippen LogP contribution is -2.21. The van der Waals surface area contributed by atoms with Crippen LogP contribution < -0.4 is 10.5 Å². The number of amidine groups is 1. The molecule has 0 radical (unpaired) electrons. The van der Waals surface area contributed by atoms with Crippen molar-refractivity contribution in [3.8, 4) is 22.6 Å². The Bertz CT molecular complexity index is 1570. The van der Waals surface area contributed by atoms with Gasteiger partial charge in [0.2, 0.25) is 9.84 Å². The molecule has 204 valence electrons. The summed E-state index contributed by atoms with van der Waals surface area (Å²) in [6.45, 7) is 0. The fraction of sp³-hybridized carbons (Fsp3) is 0.0769. The molecule has 0 amide bonds. The number of nitrogens with one attached hydrogen (secondary N) is 1. The first-order valence-corrected chi connectivity index (χ1v) is 14.4. The second kappa shape index (κ2) is 12.4. The third kappa shape index (κ3) is 7.62. The van der Waals surface area contributed by atoms with Crippen molar-refractivity contribution in [1.29, 1.82) is 5.41 Å². The number of alkyl halides is 3. The fourth-order valence-corrected chi connectivity index (χ4v) is 7.03. The number of sulfone groups is 1. The first-order valence-electron chi connectivity index (χ1n) is 10.8. The summed E-state index contributed by atoms with van der Waals surface area (Å²) in [5, 5.41) is 14.8. The van der Waals surface area contributed by atoms with Crippen molar-refractivity contribution in [2.24, 2.45) is 5.73 Å². The van der Waals surface area contributed by atoms with E-state index in [4.69, 9.17) is 25.8 Å². The van der Waals surface area contributed by atoms with Gasteiger partial charge in [-0.05, 0) is 59.8 Å². The Balaban J connectivity index is 0.000000532. The highest BCUT2D eigenvalue weighted by molar-refractivity contribution is 8.01. The van der Waals surface area contributed by atoms with E-state index in [0.717, 1.165) is 16.9 Å². The predicted octanol–water partition coefficient (Wildman–Crippen LogP) is 6.68. The summed E-state index contributed by atoms with van der Waals surface area (Å²) in [4.78, 5) is 9.72. The molecule has 4 N–H and O–H groups in total. The van der Waals surface area contributed by atoms with Crippen molar-refractivity contribution in [3.63, 3.8) is 0 Å². The normalized spacial score (nSPS) is 11.3. The van der Waals surface area contributed by atoms with E-state index >= 15 is 0 Å². The first kappa shape index (κ1) is 29.7. The molecule has 7 nitrogen and oxygen atoms in total. The number of hydrogen-bond acceptors (Lipinski definition) is 7. The number of ether oxygens (including phenoxy) is 1. The molecule has 0 fully saturated rings. The predicted molar refractivity (Wildman–Crippen MR) is 145 cm³/mol. The number of halogens is 3. The number of thiophene rings is 1. The molecule has 0 atom stereocenters. The van der Waals surface area contributed by atoms with Crippen LogP contribution in [0.3, 0.4) is 0 Å². The third-order valence-electron chi connectivity index (χ3n) is 4.96. The number of benzene rings is 3. The number of rotatable bonds is 7. The maximum absolute atomic E-state index is 13.4. The van der Waals surface area contributed by atoms with E-state index in [2.05, 4.69) is 0 Å². The van der Waals surface area contributed by atoms with Gasteiger partial charge in [0.05, 0.1) is 18.9 Å². The second-order valence-electron chi connectivity index (χ2n) is 7.65. The summed E-state index contributed by atoms with van der Waals surface area (Å²) in [5.41, 5.74) is 7.23. The van der Waals surface area contributed by atoms with Gasteiger partial charge in [-0.25, -0.2) is 13.2 Å². The van der Waals surface area contributed by atoms with Crippen molar-refractivity contribution >= 4 is 44.7 Å². The quantitative estimate of drug-likeness (QED) is 0.124. The Hall–Kier alpha value is -3.81. The van der Waals surface area contributed by atoms with Crippen LogP contribution in [0, 0.1) is 5.41 Å². The maximum Gasteiger partial charge on any atom is 0.490 e. The zero-order valence-corrected chi connectivity index (χ0v) is 22.5. The maximum atomic E-state index is 13.4. The summed E-state index contributed by atoms with van der Waals surface area (Å²) < 4.78 is 64.9. The van der Waals surface area contributed by atoms with Crippen molar-refractivity contribution in [3.05, 3.63) is 89.8 Å². The average molecular weight is 595 g/mol. The van der Waals surface area contributed by atoms with Crippen LogP contribution in [0.1, 0.15) is 4.88 Å². The van der Waals surface area contributed by atoms with Gasteiger partial charge < -0.3 is 15.6 Å². The first-order chi connectivity index (χ1) is 18.3. The van der Waals surface area contributed by atoms with E-state index < -0.39 is 22.0 Å². The number of para-hydroxylation sites is 1. The van der Waals surface area contributed by atoms with Crippen LogP contribution in [0.2, 0.25) is 0 Å². The van der Waals surface area contributed by atoms with Crippen LogP contribution in [-0.2, 0) is 14.6 Å². The van der Waals surface area contributed by atoms with Gasteiger partial charge in [-0.1, -0.05) is 42.5 Å². The van der Waals surface area contributed by atoms with Crippen LogP contribution in [0.25, 0.3) is 11.1 Å². The Labute approximate surface area is 230 Å². The van der Waals surface area contributed by atoms with E-state index in [1.807, 2.05) is 66.9 Å². The van der Waals surface area contributed by atoms with Gasteiger partial charge >= 0.3 is 12.1 Å². The van der Waals surface area contributed by atoms with E-state index in [1.165, 1.54) is 29.2 Å². The second-order valence-corrected chi connectivity index (χ2v) is 11.7. The zero-order valence-electron chi connectivity index (χ0n) is 20.1. The van der Waals surface area contributed by atoms with Crippen LogP contribution in [0.4, 0.5) is 13.2 Å². The van der Waals surface area contributed by atoms with Gasteiger partial charge in [0, 0.05) is 0 Å². The summed E-state index contributed by atoms with van der Waals surface area (Å²) >= 11 is 2.54. The molecule has 0 spiro atoms. The molecule has 39 heavy (non-hydrogen) atoms. The highest BCUT2D eigenvalue weighted by atomic mass is 32.2. The number of hydrogen-bond donors (Lipinski definition) is 3. The lowest BCUT2D eigenvalue weighted by atomic mass is 10.1. The lowest BCUT2D eigenvalue weighted by molar-refractivity contribution is -0.192. The molecule has 0 saturated carbocycles. The molecule has 0 unspecified atom stereocenters. The smallest absolute Gasteiger partial charge is 0.475 e. The molecule has 3 aromatic carbocycles. The molecule has 4 rings (SSSR count). The molecular formula is C26H21F3N2O5S3. The van der Waals surface area contributed by atoms with E-state index in [-0.39, 0.29) is 15.6 Å². The molecule has 0 saturated heterocycles. The highest BCUT2D eigenvalue weighted by Crippen LogP contribution is 2.37. The van der Waals surface area contributed by atoms with Gasteiger partial charge in [-0.3, -0.25) is 5.41 Å². The number of nitrogens with two attached hydrogens (primary N) is 1. The standard InChI is InChI=1S/C24H20N2O3S3.C2HF3O2/c1-30-24-22(15-21(31-24)23(25)26)32(27,28)20-9-5-6-17(14-20)16-10-12-19(13-11-16)29-18-7-3-2-4-8-18;3-2(4,5)1(6)7/h2-15H,1H3,(H3,25,26);(H,6,7). The number of nitrogen functional groups attached to an aromatic ring is 1. The molecule has 0 aliphatic carbocycles. The molecule has 0 aliphatic heterocycles. The molecular weight excluding hydrogens is 573 g/mol.